The van der Waals surface area contributed by atoms with Crippen LogP contribution in [0.2, 0.25) is 0 Å². The first kappa shape index (κ1) is 33.1. The molecule has 0 radical (unpaired) electrons. The molecule has 28 heavy (non-hydrogen) atoms. The number of halogens is 2. The van der Waals surface area contributed by atoms with E-state index >= 15 is 0 Å². The molecule has 0 fully saturated rings. The van der Waals surface area contributed by atoms with Gasteiger partial charge in [0, 0.05) is 27.4 Å². The van der Waals surface area contributed by atoms with Crippen LogP contribution in [0.1, 0.15) is 64.2 Å². The Morgan fingerprint density at radius 2 is 0.679 bits per heavy atom. The lowest BCUT2D eigenvalue weighted by atomic mass is 10.1. The van der Waals surface area contributed by atoms with Gasteiger partial charge >= 0.3 is 0 Å². The first-order chi connectivity index (χ1) is 12.3. The highest BCUT2D eigenvalue weighted by Crippen LogP contribution is 2.11. The van der Waals surface area contributed by atoms with E-state index in [1.165, 1.54) is 99.4 Å². The molecule has 174 valence electrons. The standard InChI is InChI=1S/C22H50N2O2.2ClH/c1-23(2,19-13-9-15-21-25-5)17-11-7-8-12-18-24(3,4)20-14-10-16-22-26-6;;/h7-22H2,1-6H3;2*1H/q+2;;/p-2. The second-order valence-corrected chi connectivity index (χ2v) is 9.29. The molecule has 4 nitrogen and oxygen atoms in total. The molecule has 0 aromatic heterocycles. The van der Waals surface area contributed by atoms with Crippen molar-refractivity contribution in [3.8, 4) is 0 Å². The van der Waals surface area contributed by atoms with Crippen molar-refractivity contribution in [2.75, 3.05) is 81.8 Å². The normalized spacial score (nSPS) is 11.8. The van der Waals surface area contributed by atoms with Gasteiger partial charge in [-0.2, -0.15) is 0 Å². The maximum Gasteiger partial charge on any atom is 0.0782 e. The molecule has 0 atom stereocenters. The molecule has 0 aliphatic carbocycles. The van der Waals surface area contributed by atoms with Gasteiger partial charge in [0.05, 0.1) is 54.4 Å². The van der Waals surface area contributed by atoms with E-state index in [0.29, 0.717) is 0 Å². The van der Waals surface area contributed by atoms with Gasteiger partial charge < -0.3 is 43.3 Å². The van der Waals surface area contributed by atoms with Crippen LogP contribution < -0.4 is 24.8 Å². The highest BCUT2D eigenvalue weighted by atomic mass is 35.5. The Morgan fingerprint density at radius 3 is 0.929 bits per heavy atom. The van der Waals surface area contributed by atoms with Gasteiger partial charge in [-0.25, -0.2) is 0 Å². The fraction of sp³-hybridized carbons (Fsp3) is 1.00. The van der Waals surface area contributed by atoms with E-state index in [9.17, 15) is 0 Å². The summed E-state index contributed by atoms with van der Waals surface area (Å²) in [5, 5.41) is 0. The van der Waals surface area contributed by atoms with Crippen molar-refractivity contribution in [1.82, 2.24) is 0 Å². The van der Waals surface area contributed by atoms with Crippen molar-refractivity contribution in [2.24, 2.45) is 0 Å². The summed E-state index contributed by atoms with van der Waals surface area (Å²) in [5.41, 5.74) is 0. The van der Waals surface area contributed by atoms with E-state index in [0.717, 1.165) is 13.2 Å². The van der Waals surface area contributed by atoms with Crippen LogP contribution in [0.4, 0.5) is 0 Å². The van der Waals surface area contributed by atoms with Gasteiger partial charge in [0.2, 0.25) is 0 Å². The van der Waals surface area contributed by atoms with Crippen molar-refractivity contribution in [1.29, 1.82) is 0 Å². The SMILES string of the molecule is COCCCCC[N+](C)(C)CCCCCC[N+](C)(C)CCCCCOC.[Cl-].[Cl-]. The third-order valence-corrected chi connectivity index (χ3v) is 5.50. The van der Waals surface area contributed by atoms with E-state index in [1.54, 1.807) is 14.2 Å². The zero-order valence-corrected chi connectivity index (χ0v) is 21.3. The molecule has 0 aromatic rings. The Balaban J connectivity index is -0.00000312. The Morgan fingerprint density at radius 1 is 0.429 bits per heavy atom. The van der Waals surface area contributed by atoms with Crippen LogP contribution in [0.25, 0.3) is 0 Å². The van der Waals surface area contributed by atoms with Gasteiger partial charge in [-0.1, -0.05) is 0 Å². The topological polar surface area (TPSA) is 18.5 Å². The number of nitrogens with zero attached hydrogens (tertiary/aromatic N) is 2. The Labute approximate surface area is 189 Å². The van der Waals surface area contributed by atoms with E-state index < -0.39 is 0 Å². The molecular formula is C22H50Cl2N2O2. The lowest BCUT2D eigenvalue weighted by Gasteiger charge is -2.31. The number of unbranched alkanes of at least 4 members (excludes halogenated alkanes) is 7. The van der Waals surface area contributed by atoms with Crippen LogP contribution in [0.15, 0.2) is 0 Å². The van der Waals surface area contributed by atoms with Crippen LogP contribution in [0.5, 0.6) is 0 Å². The average Bonchev–Trinajstić information content (AvgIpc) is 2.57. The molecular weight excluding hydrogens is 395 g/mol. The summed E-state index contributed by atoms with van der Waals surface area (Å²) in [6, 6.07) is 0. The number of ether oxygens (including phenoxy) is 2. The molecule has 0 aromatic carbocycles. The molecule has 0 saturated heterocycles. The minimum Gasteiger partial charge on any atom is -1.00 e. The van der Waals surface area contributed by atoms with Gasteiger partial charge in [-0.05, 0) is 64.2 Å². The monoisotopic (exact) mass is 444 g/mol. The van der Waals surface area contributed by atoms with Crippen LogP contribution >= 0.6 is 0 Å². The number of quaternary nitrogens is 2. The summed E-state index contributed by atoms with van der Waals surface area (Å²) in [5.74, 6) is 0. The van der Waals surface area contributed by atoms with Crippen molar-refractivity contribution >= 4 is 0 Å². The number of rotatable bonds is 19. The van der Waals surface area contributed by atoms with Crippen LogP contribution in [-0.2, 0) is 9.47 Å². The molecule has 6 heteroatoms. The van der Waals surface area contributed by atoms with Gasteiger partial charge in [0.15, 0.2) is 0 Å². The molecule has 0 aliphatic heterocycles. The molecule has 0 unspecified atom stereocenters. The Hall–Kier alpha value is 0.420. The molecule has 0 N–H and O–H groups in total. The van der Waals surface area contributed by atoms with Gasteiger partial charge in [-0.15, -0.1) is 0 Å². The quantitative estimate of drug-likeness (QED) is 0.175. The van der Waals surface area contributed by atoms with E-state index in [2.05, 4.69) is 28.2 Å². The largest absolute Gasteiger partial charge is 1.00 e. The van der Waals surface area contributed by atoms with E-state index in [1.807, 2.05) is 0 Å². The number of hydrogen-bond acceptors (Lipinski definition) is 2. The first-order valence-electron chi connectivity index (χ1n) is 10.9. The molecule has 0 rings (SSSR count). The lowest BCUT2D eigenvalue weighted by Crippen LogP contribution is -3.00. The summed E-state index contributed by atoms with van der Waals surface area (Å²) < 4.78 is 12.6. The van der Waals surface area contributed by atoms with Gasteiger partial charge in [-0.3, -0.25) is 0 Å². The third-order valence-electron chi connectivity index (χ3n) is 5.50. The fourth-order valence-corrected chi connectivity index (χ4v) is 3.58. The maximum atomic E-state index is 5.13. The second kappa shape index (κ2) is 20.7. The summed E-state index contributed by atoms with van der Waals surface area (Å²) in [6.07, 6.45) is 13.2. The summed E-state index contributed by atoms with van der Waals surface area (Å²) in [6.45, 7) is 7.07. The second-order valence-electron chi connectivity index (χ2n) is 9.29. The third kappa shape index (κ3) is 22.7. The van der Waals surface area contributed by atoms with Crippen LogP contribution in [0.3, 0.4) is 0 Å². The van der Waals surface area contributed by atoms with Crippen molar-refractivity contribution in [3.63, 3.8) is 0 Å². The summed E-state index contributed by atoms with van der Waals surface area (Å²) in [4.78, 5) is 0. The average molecular weight is 446 g/mol. The number of methoxy groups -OCH3 is 2. The van der Waals surface area contributed by atoms with E-state index in [-0.39, 0.29) is 24.8 Å². The van der Waals surface area contributed by atoms with Gasteiger partial charge in [0.1, 0.15) is 0 Å². The minimum atomic E-state index is 0. The number of hydrogen-bond donors (Lipinski definition) is 0. The summed E-state index contributed by atoms with van der Waals surface area (Å²) >= 11 is 0. The van der Waals surface area contributed by atoms with Gasteiger partial charge in [0.25, 0.3) is 0 Å². The van der Waals surface area contributed by atoms with E-state index in [4.69, 9.17) is 9.47 Å². The maximum absolute atomic E-state index is 5.13. The summed E-state index contributed by atoms with van der Waals surface area (Å²) in [7, 11) is 13.1. The van der Waals surface area contributed by atoms with Crippen molar-refractivity contribution in [2.45, 2.75) is 64.2 Å². The lowest BCUT2D eigenvalue weighted by molar-refractivity contribution is -0.891. The Kier molecular flexibility index (Phi) is 24.4. The smallest absolute Gasteiger partial charge is 0.0782 e. The van der Waals surface area contributed by atoms with Crippen LogP contribution in [-0.4, -0.2) is 90.8 Å². The molecule has 0 spiro atoms. The minimum absolute atomic E-state index is 0. The molecule has 0 heterocycles. The molecule has 0 aliphatic rings. The molecule has 0 saturated carbocycles. The van der Waals surface area contributed by atoms with Crippen LogP contribution in [0, 0.1) is 0 Å². The fourth-order valence-electron chi connectivity index (χ4n) is 3.58. The molecule has 0 amide bonds. The van der Waals surface area contributed by atoms with Crippen molar-refractivity contribution < 1.29 is 43.3 Å². The predicted octanol–water partition coefficient (Wildman–Crippen LogP) is -1.66. The highest BCUT2D eigenvalue weighted by Gasteiger charge is 2.15. The zero-order chi connectivity index (χ0) is 19.7. The zero-order valence-electron chi connectivity index (χ0n) is 19.8. The molecule has 0 bridgehead atoms. The Bertz CT molecular complexity index is 287. The highest BCUT2D eigenvalue weighted by molar-refractivity contribution is 4.47. The van der Waals surface area contributed by atoms with Crippen molar-refractivity contribution in [3.05, 3.63) is 0 Å². The first-order valence-corrected chi connectivity index (χ1v) is 10.9. The predicted molar refractivity (Wildman–Crippen MR) is 114 cm³/mol.